The van der Waals surface area contributed by atoms with Gasteiger partial charge in [-0.2, -0.15) is 14.6 Å². The molecule has 2 heterocycles. The van der Waals surface area contributed by atoms with E-state index in [0.29, 0.717) is 24.0 Å². The molecule has 1 amide bonds. The van der Waals surface area contributed by atoms with E-state index in [0.717, 1.165) is 5.56 Å². The van der Waals surface area contributed by atoms with Crippen molar-refractivity contribution in [2.75, 3.05) is 6.54 Å². The van der Waals surface area contributed by atoms with E-state index in [9.17, 15) is 4.79 Å². The van der Waals surface area contributed by atoms with Crippen LogP contribution in [0.25, 0.3) is 17.1 Å². The standard InChI is InChI=1S/C15H16N4O2/c1-10(2)8-16-14(20)13-12(11-6-4-3-5-7-11)19-15(21-13)17-9-18-19/h3-7,9-10H,8H2,1-2H3,(H,16,20). The van der Waals surface area contributed by atoms with Crippen molar-refractivity contribution >= 4 is 11.8 Å². The molecule has 0 fully saturated rings. The van der Waals surface area contributed by atoms with E-state index < -0.39 is 0 Å². The molecular weight excluding hydrogens is 268 g/mol. The number of carbonyl (C=O) groups is 1. The number of carbonyl (C=O) groups excluding carboxylic acids is 1. The summed E-state index contributed by atoms with van der Waals surface area (Å²) in [6.07, 6.45) is 1.40. The number of aromatic nitrogens is 3. The average molecular weight is 284 g/mol. The van der Waals surface area contributed by atoms with E-state index in [2.05, 4.69) is 15.4 Å². The van der Waals surface area contributed by atoms with E-state index in [4.69, 9.17) is 4.42 Å². The second kappa shape index (κ2) is 5.40. The van der Waals surface area contributed by atoms with Crippen LogP contribution < -0.4 is 5.32 Å². The van der Waals surface area contributed by atoms with Crippen molar-refractivity contribution in [3.05, 3.63) is 42.4 Å². The molecule has 108 valence electrons. The van der Waals surface area contributed by atoms with Crippen LogP contribution in [0.2, 0.25) is 0 Å². The lowest BCUT2D eigenvalue weighted by molar-refractivity contribution is 0.0924. The van der Waals surface area contributed by atoms with Gasteiger partial charge in [0.05, 0.1) is 0 Å². The summed E-state index contributed by atoms with van der Waals surface area (Å²) < 4.78 is 7.11. The topological polar surface area (TPSA) is 72.4 Å². The third-order valence-corrected chi connectivity index (χ3v) is 3.06. The second-order valence-electron chi connectivity index (χ2n) is 5.20. The Morgan fingerprint density at radius 2 is 2.10 bits per heavy atom. The van der Waals surface area contributed by atoms with Crippen molar-refractivity contribution in [3.8, 4) is 11.3 Å². The fourth-order valence-corrected chi connectivity index (χ4v) is 2.07. The maximum atomic E-state index is 12.3. The zero-order valence-corrected chi connectivity index (χ0v) is 11.9. The third-order valence-electron chi connectivity index (χ3n) is 3.06. The summed E-state index contributed by atoms with van der Waals surface area (Å²) >= 11 is 0. The van der Waals surface area contributed by atoms with Crippen LogP contribution >= 0.6 is 0 Å². The summed E-state index contributed by atoms with van der Waals surface area (Å²) in [5.74, 6) is 0.655. The lowest BCUT2D eigenvalue weighted by atomic mass is 10.1. The van der Waals surface area contributed by atoms with Gasteiger partial charge in [-0.3, -0.25) is 4.79 Å². The molecule has 0 atom stereocenters. The average Bonchev–Trinajstić information content (AvgIpc) is 3.05. The minimum atomic E-state index is -0.255. The van der Waals surface area contributed by atoms with Crippen LogP contribution in [-0.4, -0.2) is 27.0 Å². The number of oxazole rings is 1. The first kappa shape index (κ1) is 13.4. The summed E-state index contributed by atoms with van der Waals surface area (Å²) in [5.41, 5.74) is 1.47. The normalized spacial score (nSPS) is 11.2. The van der Waals surface area contributed by atoms with Gasteiger partial charge in [-0.1, -0.05) is 44.2 Å². The second-order valence-corrected chi connectivity index (χ2v) is 5.20. The van der Waals surface area contributed by atoms with Crippen LogP contribution in [-0.2, 0) is 0 Å². The van der Waals surface area contributed by atoms with Crippen LogP contribution in [0.5, 0.6) is 0 Å². The lowest BCUT2D eigenvalue weighted by Crippen LogP contribution is -2.27. The summed E-state index contributed by atoms with van der Waals surface area (Å²) in [4.78, 5) is 16.3. The van der Waals surface area contributed by atoms with Crippen LogP contribution in [0.4, 0.5) is 0 Å². The Kier molecular flexibility index (Phi) is 3.43. The minimum Gasteiger partial charge on any atom is -0.416 e. The van der Waals surface area contributed by atoms with Gasteiger partial charge in [-0.05, 0) is 5.92 Å². The van der Waals surface area contributed by atoms with E-state index in [1.807, 2.05) is 44.2 Å². The fraction of sp³-hybridized carbons (Fsp3) is 0.267. The molecule has 1 N–H and O–H groups in total. The van der Waals surface area contributed by atoms with Gasteiger partial charge in [0.15, 0.2) is 0 Å². The predicted octanol–water partition coefficient (Wildman–Crippen LogP) is 2.38. The molecule has 6 heteroatoms. The summed E-state index contributed by atoms with van der Waals surface area (Å²) in [7, 11) is 0. The van der Waals surface area contributed by atoms with Crippen molar-refractivity contribution in [1.29, 1.82) is 0 Å². The molecule has 0 bridgehead atoms. The molecule has 21 heavy (non-hydrogen) atoms. The molecule has 6 nitrogen and oxygen atoms in total. The zero-order valence-electron chi connectivity index (χ0n) is 11.9. The lowest BCUT2D eigenvalue weighted by Gasteiger charge is -2.07. The molecule has 1 aromatic carbocycles. The number of amides is 1. The van der Waals surface area contributed by atoms with Crippen molar-refractivity contribution in [3.63, 3.8) is 0 Å². The van der Waals surface area contributed by atoms with Gasteiger partial charge in [-0.25, -0.2) is 0 Å². The van der Waals surface area contributed by atoms with Crippen LogP contribution in [0, 0.1) is 5.92 Å². The van der Waals surface area contributed by atoms with Crippen molar-refractivity contribution < 1.29 is 9.21 Å². The van der Waals surface area contributed by atoms with Gasteiger partial charge in [0.25, 0.3) is 5.91 Å². The number of benzene rings is 1. The molecule has 0 aliphatic heterocycles. The molecule has 0 saturated carbocycles. The molecule has 0 unspecified atom stereocenters. The fourth-order valence-electron chi connectivity index (χ4n) is 2.07. The maximum absolute atomic E-state index is 12.3. The Hall–Kier alpha value is -2.63. The molecular formula is C15H16N4O2. The molecule has 0 spiro atoms. The molecule has 2 aromatic heterocycles. The Balaban J connectivity index is 2.06. The van der Waals surface area contributed by atoms with Crippen LogP contribution in [0.15, 0.2) is 41.1 Å². The summed E-state index contributed by atoms with van der Waals surface area (Å²) in [6, 6.07) is 9.54. The van der Waals surface area contributed by atoms with Crippen LogP contribution in [0.1, 0.15) is 24.4 Å². The van der Waals surface area contributed by atoms with Crippen molar-refractivity contribution in [2.45, 2.75) is 13.8 Å². The first-order valence-electron chi connectivity index (χ1n) is 6.83. The van der Waals surface area contributed by atoms with Gasteiger partial charge < -0.3 is 9.73 Å². The number of rotatable bonds is 4. The van der Waals surface area contributed by atoms with Crippen molar-refractivity contribution in [1.82, 2.24) is 19.9 Å². The van der Waals surface area contributed by atoms with E-state index in [1.54, 1.807) is 4.52 Å². The van der Waals surface area contributed by atoms with Gasteiger partial charge in [0.1, 0.15) is 12.0 Å². The number of fused-ring (bicyclic) bond motifs is 1. The molecule has 0 saturated heterocycles. The predicted molar refractivity (Wildman–Crippen MR) is 77.9 cm³/mol. The van der Waals surface area contributed by atoms with Gasteiger partial charge >= 0.3 is 5.84 Å². The van der Waals surface area contributed by atoms with E-state index in [1.165, 1.54) is 6.33 Å². The molecule has 0 aliphatic carbocycles. The molecule has 0 radical (unpaired) electrons. The zero-order chi connectivity index (χ0) is 14.8. The highest BCUT2D eigenvalue weighted by atomic mass is 16.4. The Morgan fingerprint density at radius 1 is 1.33 bits per heavy atom. The van der Waals surface area contributed by atoms with Crippen LogP contribution in [0.3, 0.4) is 0 Å². The summed E-state index contributed by atoms with van der Waals surface area (Å²) in [5, 5.41) is 6.98. The maximum Gasteiger partial charge on any atom is 0.325 e. The van der Waals surface area contributed by atoms with E-state index >= 15 is 0 Å². The highest BCUT2D eigenvalue weighted by Crippen LogP contribution is 2.26. The quantitative estimate of drug-likeness (QED) is 0.798. The molecule has 3 aromatic rings. The Labute approximate surface area is 121 Å². The van der Waals surface area contributed by atoms with Gasteiger partial charge in [0.2, 0.25) is 5.76 Å². The monoisotopic (exact) mass is 284 g/mol. The Bertz CT molecular complexity index is 758. The minimum absolute atomic E-state index is 0.234. The first-order valence-corrected chi connectivity index (χ1v) is 6.83. The highest BCUT2D eigenvalue weighted by molar-refractivity contribution is 5.97. The van der Waals surface area contributed by atoms with Crippen molar-refractivity contribution in [2.24, 2.45) is 5.92 Å². The highest BCUT2D eigenvalue weighted by Gasteiger charge is 2.23. The largest absolute Gasteiger partial charge is 0.416 e. The Morgan fingerprint density at radius 3 is 2.81 bits per heavy atom. The van der Waals surface area contributed by atoms with Gasteiger partial charge in [-0.15, -0.1) is 0 Å². The molecule has 3 rings (SSSR count). The number of nitrogens with one attached hydrogen (secondary N) is 1. The number of hydrogen-bond acceptors (Lipinski definition) is 4. The number of hydrogen-bond donors (Lipinski definition) is 1. The molecule has 0 aliphatic rings. The summed E-state index contributed by atoms with van der Waals surface area (Å²) in [6.45, 7) is 4.66. The SMILES string of the molecule is CC(C)CNC(=O)c1oc2ncnn2c1-c1ccccc1. The number of nitrogens with zero attached hydrogens (tertiary/aromatic N) is 3. The smallest absolute Gasteiger partial charge is 0.325 e. The van der Waals surface area contributed by atoms with Gasteiger partial charge in [0, 0.05) is 12.1 Å². The van der Waals surface area contributed by atoms with E-state index in [-0.39, 0.29) is 11.7 Å². The third kappa shape index (κ3) is 2.52. The first-order chi connectivity index (χ1) is 10.2.